The molecule has 0 amide bonds. The average Bonchev–Trinajstić information content (AvgIpc) is 2.19. The second kappa shape index (κ2) is 6.55. The van der Waals surface area contributed by atoms with Gasteiger partial charge in [-0.1, -0.05) is 0 Å². The molecule has 20 heavy (non-hydrogen) atoms. The Hall–Kier alpha value is -0.436. The van der Waals surface area contributed by atoms with E-state index in [1.165, 1.54) is 0 Å². The largest absolute Gasteiger partial charge is 0.389 e. The summed E-state index contributed by atoms with van der Waals surface area (Å²) in [6, 6.07) is 3.89. The molecule has 0 N–H and O–H groups in total. The highest BCUT2D eigenvalue weighted by Gasteiger charge is 2.39. The van der Waals surface area contributed by atoms with Crippen molar-refractivity contribution in [3.63, 3.8) is 0 Å². The van der Waals surface area contributed by atoms with Crippen molar-refractivity contribution in [1.29, 1.82) is 10.5 Å². The molecule has 0 aliphatic rings. The van der Waals surface area contributed by atoms with E-state index in [1.807, 2.05) is 51.4 Å². The summed E-state index contributed by atoms with van der Waals surface area (Å²) in [5, 5.41) is 18.5. The zero-order chi connectivity index (χ0) is 16.2. The van der Waals surface area contributed by atoms with Gasteiger partial charge in [-0.15, -0.1) is 0 Å². The van der Waals surface area contributed by atoms with Crippen LogP contribution in [0.4, 0.5) is 0 Å². The molecule has 0 heterocycles. The van der Waals surface area contributed by atoms with E-state index in [0.717, 1.165) is 0 Å². The summed E-state index contributed by atoms with van der Waals surface area (Å²) in [4.78, 5) is 0. The molecular weight excluding hydrogens is 307 g/mol. The molecule has 114 valence electrons. The van der Waals surface area contributed by atoms with Gasteiger partial charge in [0.2, 0.25) is 5.60 Å². The van der Waals surface area contributed by atoms with E-state index in [1.54, 1.807) is 6.66 Å². The summed E-state index contributed by atoms with van der Waals surface area (Å²) in [6.07, 6.45) is 0.297. The van der Waals surface area contributed by atoms with E-state index in [4.69, 9.17) is 8.64 Å². The van der Waals surface area contributed by atoms with Gasteiger partial charge in [-0.25, -0.2) is 0 Å². The second-order valence-corrected chi connectivity index (χ2v) is 18.8. The number of nitrogens with zero attached hydrogens (tertiary/aromatic N) is 2. The third kappa shape index (κ3) is 7.99. The summed E-state index contributed by atoms with van der Waals surface area (Å²) in [5.41, 5.74) is -1.51. The lowest BCUT2D eigenvalue weighted by molar-refractivity contribution is 0.174. The Balaban J connectivity index is 4.95. The fourth-order valence-corrected chi connectivity index (χ4v) is 8.70. The molecule has 0 saturated heterocycles. The van der Waals surface area contributed by atoms with Gasteiger partial charge in [0, 0.05) is 19.2 Å². The third-order valence-electron chi connectivity index (χ3n) is 2.18. The van der Waals surface area contributed by atoms with Crippen molar-refractivity contribution < 1.29 is 13.2 Å². The van der Waals surface area contributed by atoms with Crippen LogP contribution < -0.4 is 0 Å². The molecule has 0 aliphatic heterocycles. The van der Waals surface area contributed by atoms with Gasteiger partial charge >= 0.3 is 0 Å². The van der Waals surface area contributed by atoms with Crippen LogP contribution in [0.1, 0.15) is 6.42 Å². The predicted octanol–water partition coefficient (Wildman–Crippen LogP) is 3.77. The van der Waals surface area contributed by atoms with Gasteiger partial charge in [0.15, 0.2) is 24.0 Å². The average molecular weight is 332 g/mol. The summed E-state index contributed by atoms with van der Waals surface area (Å²) in [7, 11) is -6.77. The highest BCUT2D eigenvalue weighted by atomic mass is 31.2. The Morgan fingerprint density at radius 1 is 1.05 bits per heavy atom. The molecule has 0 aromatic carbocycles. The molecule has 0 fully saturated rings. The van der Waals surface area contributed by atoms with Gasteiger partial charge in [0.05, 0.1) is 0 Å². The van der Waals surface area contributed by atoms with E-state index in [2.05, 4.69) is 0 Å². The maximum atomic E-state index is 12.4. The first-order valence-corrected chi connectivity index (χ1v) is 15.6. The normalized spacial score (nSPS) is 16.1. The summed E-state index contributed by atoms with van der Waals surface area (Å²) in [5.74, 6) is 0. The minimum absolute atomic E-state index is 0.114. The number of hydrogen-bond acceptors (Lipinski definition) is 5. The molecule has 8 heteroatoms. The fourth-order valence-electron chi connectivity index (χ4n) is 1.74. The van der Waals surface area contributed by atoms with Crippen LogP contribution >= 0.6 is 7.37 Å². The first kappa shape index (κ1) is 19.6. The molecule has 1 unspecified atom stereocenters. The first-order valence-electron chi connectivity index (χ1n) is 6.54. The molecule has 0 rings (SSSR count). The molecule has 5 nitrogen and oxygen atoms in total. The Kier molecular flexibility index (Phi) is 6.41. The van der Waals surface area contributed by atoms with Crippen LogP contribution in [-0.2, 0) is 13.2 Å². The number of hydrogen-bond donors (Lipinski definition) is 0. The molecular formula is C12H25N2O3PSi2. The zero-order valence-electron chi connectivity index (χ0n) is 13.5. The van der Waals surface area contributed by atoms with Gasteiger partial charge in [-0.2, -0.15) is 10.5 Å². The molecule has 0 radical (unpaired) electrons. The lowest BCUT2D eigenvalue weighted by Gasteiger charge is -2.30. The zero-order valence-corrected chi connectivity index (χ0v) is 16.4. The lowest BCUT2D eigenvalue weighted by Crippen LogP contribution is -2.41. The smallest absolute Gasteiger partial charge is 0.232 e. The van der Waals surface area contributed by atoms with Crippen molar-refractivity contribution in [2.45, 2.75) is 51.3 Å². The van der Waals surface area contributed by atoms with Gasteiger partial charge in [0.1, 0.15) is 12.1 Å². The Bertz CT molecular complexity index is 455. The first-order chi connectivity index (χ1) is 8.74. The SMILES string of the molecule is C[Si](C)(C)OC(C#N)(C#N)CCP(C)(=O)O[Si](C)(C)C. The monoisotopic (exact) mass is 332 g/mol. The predicted molar refractivity (Wildman–Crippen MR) is 85.8 cm³/mol. The lowest BCUT2D eigenvalue weighted by atomic mass is 10.1. The molecule has 0 aliphatic carbocycles. The van der Waals surface area contributed by atoms with Crippen LogP contribution in [0.2, 0.25) is 39.3 Å². The van der Waals surface area contributed by atoms with Crippen molar-refractivity contribution in [3.8, 4) is 12.1 Å². The Labute approximate surface area is 124 Å². The topological polar surface area (TPSA) is 83.1 Å². The van der Waals surface area contributed by atoms with Crippen LogP contribution in [0.15, 0.2) is 0 Å². The summed E-state index contributed by atoms with van der Waals surface area (Å²) in [6.45, 7) is 13.2. The van der Waals surface area contributed by atoms with Gasteiger partial charge < -0.3 is 8.64 Å². The van der Waals surface area contributed by atoms with E-state index in [0.29, 0.717) is 0 Å². The maximum Gasteiger partial charge on any atom is 0.232 e. The highest BCUT2D eigenvalue weighted by Crippen LogP contribution is 2.47. The Morgan fingerprint density at radius 3 is 1.80 bits per heavy atom. The summed E-state index contributed by atoms with van der Waals surface area (Å²) >= 11 is 0. The van der Waals surface area contributed by atoms with Crippen LogP contribution in [-0.4, -0.2) is 35.1 Å². The van der Waals surface area contributed by atoms with Crippen LogP contribution in [0.3, 0.4) is 0 Å². The molecule has 0 aromatic heterocycles. The van der Waals surface area contributed by atoms with Crippen LogP contribution in [0, 0.1) is 22.7 Å². The van der Waals surface area contributed by atoms with Crippen molar-refractivity contribution in [2.75, 3.05) is 12.8 Å². The standard InChI is InChI=1S/C12H25N2O3PSi2/c1-18(15,17-20(5,6)7)9-8-12(10-13,11-14)16-19(2,3)4/h8-9H2,1-7H3. The fraction of sp³-hybridized carbons (Fsp3) is 0.833. The summed E-state index contributed by atoms with van der Waals surface area (Å²) < 4.78 is 23.8. The third-order valence-corrected chi connectivity index (χ3v) is 7.91. The minimum Gasteiger partial charge on any atom is -0.389 e. The van der Waals surface area contributed by atoms with Gasteiger partial charge in [-0.05, 0) is 39.3 Å². The van der Waals surface area contributed by atoms with E-state index in [9.17, 15) is 15.1 Å². The molecule has 0 bridgehead atoms. The van der Waals surface area contributed by atoms with E-state index < -0.39 is 29.6 Å². The van der Waals surface area contributed by atoms with Crippen molar-refractivity contribution >= 4 is 24.0 Å². The molecule has 0 spiro atoms. The van der Waals surface area contributed by atoms with Gasteiger partial charge in [-0.3, -0.25) is 4.57 Å². The van der Waals surface area contributed by atoms with Crippen LogP contribution in [0.25, 0.3) is 0 Å². The van der Waals surface area contributed by atoms with Crippen LogP contribution in [0.5, 0.6) is 0 Å². The van der Waals surface area contributed by atoms with Crippen molar-refractivity contribution in [3.05, 3.63) is 0 Å². The molecule has 0 saturated carbocycles. The second-order valence-electron chi connectivity index (χ2n) is 6.96. The van der Waals surface area contributed by atoms with E-state index >= 15 is 0 Å². The number of nitriles is 2. The number of rotatable bonds is 7. The highest BCUT2D eigenvalue weighted by molar-refractivity contribution is 7.59. The van der Waals surface area contributed by atoms with Gasteiger partial charge in [0.25, 0.3) is 0 Å². The van der Waals surface area contributed by atoms with Crippen molar-refractivity contribution in [2.24, 2.45) is 0 Å². The molecule has 0 aromatic rings. The Morgan fingerprint density at radius 2 is 1.50 bits per heavy atom. The van der Waals surface area contributed by atoms with E-state index in [-0.39, 0.29) is 12.6 Å². The quantitative estimate of drug-likeness (QED) is 0.523. The minimum atomic E-state index is -2.81. The maximum absolute atomic E-state index is 12.4. The van der Waals surface area contributed by atoms with Crippen molar-refractivity contribution in [1.82, 2.24) is 0 Å². The molecule has 1 atom stereocenters.